The monoisotopic (exact) mass is 362 g/mol. The first-order valence-electron chi connectivity index (χ1n) is 7.75. The zero-order valence-electron chi connectivity index (χ0n) is 13.3. The fourth-order valence-electron chi connectivity index (χ4n) is 3.01. The molecule has 0 atom stereocenters. The fraction of sp³-hybridized carbons (Fsp3) is 0.294. The molecule has 1 N–H and O–H groups in total. The number of fused-ring (bicyclic) bond motifs is 1. The van der Waals surface area contributed by atoms with Gasteiger partial charge >= 0.3 is 0 Å². The highest BCUT2D eigenvalue weighted by Gasteiger charge is 2.17. The van der Waals surface area contributed by atoms with Gasteiger partial charge in [-0.05, 0) is 24.3 Å². The predicted molar refractivity (Wildman–Crippen MR) is 97.8 cm³/mol. The molecule has 1 aliphatic heterocycles. The van der Waals surface area contributed by atoms with Gasteiger partial charge in [0.15, 0.2) is 9.84 Å². The predicted octanol–water partition coefficient (Wildman–Crippen LogP) is 3.14. The number of benzene rings is 1. The van der Waals surface area contributed by atoms with E-state index >= 15 is 0 Å². The maximum atomic E-state index is 12.0. The van der Waals surface area contributed by atoms with Gasteiger partial charge in [-0.15, -0.1) is 11.3 Å². The van der Waals surface area contributed by atoms with E-state index in [0.29, 0.717) is 4.90 Å². The van der Waals surface area contributed by atoms with Crippen molar-refractivity contribution in [2.75, 3.05) is 37.5 Å². The third-order valence-corrected chi connectivity index (χ3v) is 6.34. The number of ether oxygens (including phenoxy) is 1. The number of aromatic amines is 1. The van der Waals surface area contributed by atoms with Crippen LogP contribution in [0.1, 0.15) is 0 Å². The second-order valence-electron chi connectivity index (χ2n) is 5.95. The first kappa shape index (κ1) is 15.7. The molecule has 126 valence electrons. The molecular formula is C17H18N2O3S2. The summed E-state index contributed by atoms with van der Waals surface area (Å²) in [5.41, 5.74) is 2.97. The molecule has 3 heterocycles. The summed E-state index contributed by atoms with van der Waals surface area (Å²) < 4.78 is 29.4. The maximum absolute atomic E-state index is 12.0. The molecule has 0 saturated carbocycles. The molecule has 5 nitrogen and oxygen atoms in total. The van der Waals surface area contributed by atoms with Crippen LogP contribution in [0.25, 0.3) is 21.3 Å². The summed E-state index contributed by atoms with van der Waals surface area (Å²) in [4.78, 5) is 6.85. The van der Waals surface area contributed by atoms with Crippen LogP contribution in [0, 0.1) is 0 Å². The van der Waals surface area contributed by atoms with Crippen molar-refractivity contribution in [2.45, 2.75) is 4.90 Å². The average molecular weight is 362 g/mol. The van der Waals surface area contributed by atoms with Gasteiger partial charge in [-0.3, -0.25) is 0 Å². The number of hydrogen-bond acceptors (Lipinski definition) is 5. The smallest absolute Gasteiger partial charge is 0.175 e. The number of nitrogens with zero attached hydrogens (tertiary/aromatic N) is 1. The van der Waals surface area contributed by atoms with Crippen LogP contribution in [0.5, 0.6) is 0 Å². The van der Waals surface area contributed by atoms with Crippen LogP contribution in [0.2, 0.25) is 0 Å². The van der Waals surface area contributed by atoms with Gasteiger partial charge in [0.1, 0.15) is 0 Å². The van der Waals surface area contributed by atoms with Crippen LogP contribution in [0.4, 0.5) is 5.69 Å². The van der Waals surface area contributed by atoms with E-state index in [1.807, 2.05) is 12.3 Å². The Bertz CT molecular complexity index is 982. The van der Waals surface area contributed by atoms with Gasteiger partial charge < -0.3 is 14.6 Å². The summed E-state index contributed by atoms with van der Waals surface area (Å²) >= 11 is 1.64. The minimum Gasteiger partial charge on any atom is -0.378 e. The largest absolute Gasteiger partial charge is 0.378 e. The zero-order chi connectivity index (χ0) is 16.7. The molecule has 2 aromatic heterocycles. The molecule has 3 aromatic rings. The zero-order valence-corrected chi connectivity index (χ0v) is 14.9. The summed E-state index contributed by atoms with van der Waals surface area (Å²) in [5, 5.41) is 3.17. The number of sulfone groups is 1. The summed E-state index contributed by atoms with van der Waals surface area (Å²) in [6.07, 6.45) is 3.09. The Morgan fingerprint density at radius 1 is 1.21 bits per heavy atom. The van der Waals surface area contributed by atoms with E-state index in [9.17, 15) is 8.42 Å². The van der Waals surface area contributed by atoms with Crippen LogP contribution in [0.15, 0.2) is 40.7 Å². The average Bonchev–Trinajstić information content (AvgIpc) is 3.23. The van der Waals surface area contributed by atoms with Crippen molar-refractivity contribution < 1.29 is 13.2 Å². The minimum atomic E-state index is -3.26. The first-order valence-corrected chi connectivity index (χ1v) is 10.5. The number of rotatable bonds is 3. The van der Waals surface area contributed by atoms with Crippen LogP contribution >= 0.6 is 11.3 Å². The number of morpholine rings is 1. The molecule has 1 fully saturated rings. The van der Waals surface area contributed by atoms with Crippen LogP contribution in [-0.4, -0.2) is 46.0 Å². The number of thiophene rings is 1. The van der Waals surface area contributed by atoms with Gasteiger partial charge in [-0.1, -0.05) is 0 Å². The van der Waals surface area contributed by atoms with Crippen LogP contribution < -0.4 is 4.90 Å². The second kappa shape index (κ2) is 5.91. The second-order valence-corrected chi connectivity index (χ2v) is 8.88. The Morgan fingerprint density at radius 3 is 2.75 bits per heavy atom. The van der Waals surface area contributed by atoms with Crippen molar-refractivity contribution in [3.63, 3.8) is 0 Å². The summed E-state index contributed by atoms with van der Waals surface area (Å²) in [6.45, 7) is 3.27. The van der Waals surface area contributed by atoms with Crippen molar-refractivity contribution in [1.82, 2.24) is 4.98 Å². The number of hydrogen-bond donors (Lipinski definition) is 1. The first-order chi connectivity index (χ1) is 11.5. The number of nitrogens with one attached hydrogen (secondary N) is 1. The van der Waals surface area contributed by atoms with Crippen molar-refractivity contribution in [3.8, 4) is 10.4 Å². The third-order valence-electron chi connectivity index (χ3n) is 4.30. The summed E-state index contributed by atoms with van der Waals surface area (Å²) in [7, 11) is -3.26. The van der Waals surface area contributed by atoms with E-state index in [2.05, 4.69) is 21.3 Å². The van der Waals surface area contributed by atoms with Gasteiger partial charge in [0.05, 0.1) is 18.1 Å². The van der Waals surface area contributed by atoms with Crippen molar-refractivity contribution >= 4 is 37.8 Å². The van der Waals surface area contributed by atoms with Crippen LogP contribution in [0.3, 0.4) is 0 Å². The van der Waals surface area contributed by atoms with E-state index in [-0.39, 0.29) is 0 Å². The van der Waals surface area contributed by atoms with Gasteiger partial charge in [0.25, 0.3) is 0 Å². The molecule has 0 amide bonds. The van der Waals surface area contributed by atoms with Crippen LogP contribution in [-0.2, 0) is 14.6 Å². The maximum Gasteiger partial charge on any atom is 0.175 e. The highest BCUT2D eigenvalue weighted by atomic mass is 32.2. The molecule has 1 aliphatic rings. The lowest BCUT2D eigenvalue weighted by molar-refractivity contribution is 0.123. The minimum absolute atomic E-state index is 0.341. The van der Waals surface area contributed by atoms with Crippen molar-refractivity contribution in [2.24, 2.45) is 0 Å². The molecule has 7 heteroatoms. The summed E-state index contributed by atoms with van der Waals surface area (Å²) in [6, 6.07) is 7.61. The van der Waals surface area contributed by atoms with E-state index < -0.39 is 9.84 Å². The third kappa shape index (κ3) is 2.83. The quantitative estimate of drug-likeness (QED) is 0.777. The molecule has 0 spiro atoms. The molecular weight excluding hydrogens is 344 g/mol. The van der Waals surface area contributed by atoms with Crippen molar-refractivity contribution in [3.05, 3.63) is 35.8 Å². The van der Waals surface area contributed by atoms with Gasteiger partial charge in [-0.2, -0.15) is 0 Å². The Balaban J connectivity index is 1.81. The molecule has 4 rings (SSSR count). The molecule has 1 saturated heterocycles. The number of H-pyrrole nitrogens is 1. The van der Waals surface area contributed by atoms with E-state index in [4.69, 9.17) is 4.74 Å². The molecule has 0 radical (unpaired) electrons. The SMILES string of the molecule is CS(=O)(=O)c1cc(-c2cc(N3CCOCC3)cs2)c2cc[nH]c2c1. The van der Waals surface area contributed by atoms with E-state index in [0.717, 1.165) is 47.6 Å². The normalized spacial score (nSPS) is 16.0. The molecule has 1 aromatic carbocycles. The number of aromatic nitrogens is 1. The molecule has 0 bridgehead atoms. The standard InChI is InChI=1S/C17H18N2O3S2/c1-24(20,21)13-9-15(14-2-3-18-16(14)10-13)17-8-12(11-23-17)19-4-6-22-7-5-19/h2-3,8-11,18H,4-7H2,1H3. The molecule has 0 unspecified atom stereocenters. The summed E-state index contributed by atoms with van der Waals surface area (Å²) in [5.74, 6) is 0. The Labute approximate surface area is 144 Å². The lowest BCUT2D eigenvalue weighted by Crippen LogP contribution is -2.35. The molecule has 24 heavy (non-hydrogen) atoms. The van der Waals surface area contributed by atoms with Gasteiger partial charge in [0.2, 0.25) is 0 Å². The highest BCUT2D eigenvalue weighted by molar-refractivity contribution is 7.90. The topological polar surface area (TPSA) is 62.4 Å². The van der Waals surface area contributed by atoms with Gasteiger partial charge in [-0.25, -0.2) is 8.42 Å². The fourth-order valence-corrected chi connectivity index (χ4v) is 4.63. The van der Waals surface area contributed by atoms with Crippen molar-refractivity contribution in [1.29, 1.82) is 0 Å². The van der Waals surface area contributed by atoms with Gasteiger partial charge in [0, 0.05) is 58.0 Å². The van der Waals surface area contributed by atoms with E-state index in [1.54, 1.807) is 23.5 Å². The number of anilines is 1. The highest BCUT2D eigenvalue weighted by Crippen LogP contribution is 2.37. The van der Waals surface area contributed by atoms with E-state index in [1.165, 1.54) is 11.9 Å². The lowest BCUT2D eigenvalue weighted by atomic mass is 10.1. The molecule has 0 aliphatic carbocycles. The Kier molecular flexibility index (Phi) is 3.86. The Morgan fingerprint density at radius 2 is 2.00 bits per heavy atom. The Hall–Kier alpha value is -1.83. The lowest BCUT2D eigenvalue weighted by Gasteiger charge is -2.27.